The molecule has 2 atom stereocenters. The van der Waals surface area contributed by atoms with Gasteiger partial charge in [-0.3, -0.25) is 4.79 Å². The number of anilines is 1. The number of carbonyl (C=O) groups excluding carboxylic acids is 1. The van der Waals surface area contributed by atoms with Crippen molar-refractivity contribution in [1.82, 2.24) is 5.32 Å². The minimum atomic E-state index is -3.88. The van der Waals surface area contributed by atoms with E-state index in [0.717, 1.165) is 42.9 Å². The Balaban J connectivity index is 1.55. The van der Waals surface area contributed by atoms with Crippen molar-refractivity contribution in [3.8, 4) is 0 Å². The fourth-order valence-electron chi connectivity index (χ4n) is 3.24. The second kappa shape index (κ2) is 8.26. The predicted molar refractivity (Wildman–Crippen MR) is 103 cm³/mol. The zero-order chi connectivity index (χ0) is 20.3. The first-order valence-corrected chi connectivity index (χ1v) is 10.6. The van der Waals surface area contributed by atoms with Gasteiger partial charge < -0.3 is 10.2 Å². The highest BCUT2D eigenvalue weighted by molar-refractivity contribution is 7.92. The second-order valence-electron chi connectivity index (χ2n) is 6.96. The van der Waals surface area contributed by atoms with Crippen LogP contribution in [-0.2, 0) is 14.6 Å². The summed E-state index contributed by atoms with van der Waals surface area (Å²) in [6, 6.07) is 10.7. The molecule has 3 rings (SSSR count). The van der Waals surface area contributed by atoms with E-state index in [0.29, 0.717) is 13.1 Å². The Morgan fingerprint density at radius 2 is 1.68 bits per heavy atom. The Bertz CT molecular complexity index is 931. The minimum Gasteiger partial charge on any atom is -0.371 e. The van der Waals surface area contributed by atoms with Crippen LogP contribution in [0.2, 0.25) is 0 Å². The van der Waals surface area contributed by atoms with Crippen LogP contribution in [0, 0.1) is 17.6 Å². The Morgan fingerprint density at radius 3 is 2.29 bits per heavy atom. The zero-order valence-corrected chi connectivity index (χ0v) is 16.3. The summed E-state index contributed by atoms with van der Waals surface area (Å²) in [5, 5.41) is 1.44. The molecule has 1 heterocycles. The van der Waals surface area contributed by atoms with E-state index in [-0.39, 0.29) is 16.6 Å². The highest BCUT2D eigenvalue weighted by Crippen LogP contribution is 2.24. The van der Waals surface area contributed by atoms with Gasteiger partial charge in [-0.25, -0.2) is 17.2 Å². The third-order valence-corrected chi connectivity index (χ3v) is 7.09. The van der Waals surface area contributed by atoms with Gasteiger partial charge in [0.15, 0.2) is 9.84 Å². The van der Waals surface area contributed by atoms with Gasteiger partial charge in [0.05, 0.1) is 4.90 Å². The first-order valence-electron chi connectivity index (χ1n) is 9.05. The summed E-state index contributed by atoms with van der Waals surface area (Å²) in [4.78, 5) is 14.4. The standard InChI is InChI=1S/C20H22F2N2O3S/c1-14(28(26,27)19-8-4-17(22)5-9-19)20(25)23-12-15-10-11-24(13-15)18-6-2-16(21)3-7-18/h2-9,14-15H,10-13H2,1H3,(H,23,25). The number of nitrogens with zero attached hydrogens (tertiary/aromatic N) is 1. The SMILES string of the molecule is CC(C(=O)NCC1CCN(c2ccc(F)cc2)C1)S(=O)(=O)c1ccc(F)cc1. The molecule has 0 aliphatic carbocycles. The Hall–Kier alpha value is -2.48. The van der Waals surface area contributed by atoms with Crippen LogP contribution >= 0.6 is 0 Å². The van der Waals surface area contributed by atoms with Gasteiger partial charge in [0, 0.05) is 25.3 Å². The van der Waals surface area contributed by atoms with E-state index in [2.05, 4.69) is 10.2 Å². The number of halogens is 2. The summed E-state index contributed by atoms with van der Waals surface area (Å²) in [5.74, 6) is -1.23. The third-order valence-electron chi connectivity index (χ3n) is 5.02. The number of hydrogen-bond donors (Lipinski definition) is 1. The summed E-state index contributed by atoms with van der Waals surface area (Å²) < 4.78 is 51.1. The molecule has 1 amide bonds. The summed E-state index contributed by atoms with van der Waals surface area (Å²) in [7, 11) is -3.88. The molecule has 1 saturated heterocycles. The maximum absolute atomic E-state index is 13.0. The van der Waals surface area contributed by atoms with Crippen molar-refractivity contribution < 1.29 is 22.0 Å². The predicted octanol–water partition coefficient (Wildman–Crippen LogP) is 2.77. The summed E-state index contributed by atoms with van der Waals surface area (Å²) in [6.45, 7) is 3.17. The quantitative estimate of drug-likeness (QED) is 0.747. The van der Waals surface area contributed by atoms with Crippen molar-refractivity contribution in [2.24, 2.45) is 5.92 Å². The minimum absolute atomic E-state index is 0.0834. The monoisotopic (exact) mass is 408 g/mol. The molecule has 0 bridgehead atoms. The fraction of sp³-hybridized carbons (Fsp3) is 0.350. The van der Waals surface area contributed by atoms with Gasteiger partial charge in [-0.05, 0) is 67.8 Å². The van der Waals surface area contributed by atoms with Crippen molar-refractivity contribution in [1.29, 1.82) is 0 Å². The molecule has 150 valence electrons. The lowest BCUT2D eigenvalue weighted by Gasteiger charge is -2.19. The van der Waals surface area contributed by atoms with Crippen LogP contribution in [0.3, 0.4) is 0 Å². The van der Waals surface area contributed by atoms with Crippen molar-refractivity contribution in [3.63, 3.8) is 0 Å². The van der Waals surface area contributed by atoms with Gasteiger partial charge in [-0.15, -0.1) is 0 Å². The van der Waals surface area contributed by atoms with Gasteiger partial charge in [-0.2, -0.15) is 0 Å². The highest BCUT2D eigenvalue weighted by Gasteiger charge is 2.31. The summed E-state index contributed by atoms with van der Waals surface area (Å²) in [5.41, 5.74) is 0.919. The molecule has 2 aromatic carbocycles. The number of nitrogens with one attached hydrogen (secondary N) is 1. The van der Waals surface area contributed by atoms with Gasteiger partial charge in [0.25, 0.3) is 0 Å². The van der Waals surface area contributed by atoms with E-state index in [9.17, 15) is 22.0 Å². The van der Waals surface area contributed by atoms with Crippen LogP contribution in [0.4, 0.5) is 14.5 Å². The van der Waals surface area contributed by atoms with Crippen LogP contribution < -0.4 is 10.2 Å². The molecule has 8 heteroatoms. The molecular formula is C20H22F2N2O3S. The lowest BCUT2D eigenvalue weighted by atomic mass is 10.1. The molecule has 0 spiro atoms. The average Bonchev–Trinajstić information content (AvgIpc) is 3.15. The smallest absolute Gasteiger partial charge is 0.238 e. The van der Waals surface area contributed by atoms with Crippen LogP contribution in [0.1, 0.15) is 13.3 Å². The van der Waals surface area contributed by atoms with E-state index in [4.69, 9.17) is 0 Å². The van der Waals surface area contributed by atoms with Crippen LogP contribution in [0.5, 0.6) is 0 Å². The van der Waals surface area contributed by atoms with Gasteiger partial charge in [0.1, 0.15) is 16.9 Å². The average molecular weight is 408 g/mol. The van der Waals surface area contributed by atoms with Crippen molar-refractivity contribution in [2.75, 3.05) is 24.5 Å². The normalized spacial score (nSPS) is 18.1. The fourth-order valence-corrected chi connectivity index (χ4v) is 4.53. The van der Waals surface area contributed by atoms with Crippen molar-refractivity contribution in [3.05, 3.63) is 60.2 Å². The topological polar surface area (TPSA) is 66.5 Å². The first-order chi connectivity index (χ1) is 13.3. The summed E-state index contributed by atoms with van der Waals surface area (Å²) in [6.07, 6.45) is 0.844. The van der Waals surface area contributed by atoms with Crippen LogP contribution in [-0.4, -0.2) is 39.2 Å². The van der Waals surface area contributed by atoms with Crippen molar-refractivity contribution >= 4 is 21.4 Å². The van der Waals surface area contributed by atoms with E-state index in [1.54, 1.807) is 12.1 Å². The van der Waals surface area contributed by atoms with E-state index in [1.165, 1.54) is 19.1 Å². The number of sulfone groups is 1. The first kappa shape index (κ1) is 20.3. The van der Waals surface area contributed by atoms with Gasteiger partial charge in [-0.1, -0.05) is 0 Å². The lowest BCUT2D eigenvalue weighted by molar-refractivity contribution is -0.120. The van der Waals surface area contributed by atoms with Gasteiger partial charge >= 0.3 is 0 Å². The number of amides is 1. The van der Waals surface area contributed by atoms with Crippen LogP contribution in [0.25, 0.3) is 0 Å². The Labute approximate surface area is 163 Å². The Morgan fingerprint density at radius 1 is 1.11 bits per heavy atom. The van der Waals surface area contributed by atoms with E-state index < -0.39 is 26.8 Å². The maximum Gasteiger partial charge on any atom is 0.238 e. The molecule has 28 heavy (non-hydrogen) atoms. The van der Waals surface area contributed by atoms with Crippen LogP contribution in [0.15, 0.2) is 53.4 Å². The molecule has 1 aliphatic rings. The number of carbonyl (C=O) groups is 1. The van der Waals surface area contributed by atoms with Crippen molar-refractivity contribution in [2.45, 2.75) is 23.5 Å². The second-order valence-corrected chi connectivity index (χ2v) is 9.23. The molecule has 2 unspecified atom stereocenters. The third kappa shape index (κ3) is 4.49. The molecule has 1 fully saturated rings. The number of hydrogen-bond acceptors (Lipinski definition) is 4. The zero-order valence-electron chi connectivity index (χ0n) is 15.4. The number of rotatable bonds is 6. The molecule has 2 aromatic rings. The maximum atomic E-state index is 13.0. The Kier molecular flexibility index (Phi) is 5.98. The molecule has 1 N–H and O–H groups in total. The lowest BCUT2D eigenvalue weighted by Crippen LogP contribution is -2.40. The number of benzene rings is 2. The largest absolute Gasteiger partial charge is 0.371 e. The van der Waals surface area contributed by atoms with E-state index >= 15 is 0 Å². The molecule has 1 aliphatic heterocycles. The van der Waals surface area contributed by atoms with E-state index in [1.807, 2.05) is 0 Å². The summed E-state index contributed by atoms with van der Waals surface area (Å²) >= 11 is 0. The molecule has 0 aromatic heterocycles. The highest BCUT2D eigenvalue weighted by atomic mass is 32.2. The molecule has 5 nitrogen and oxygen atoms in total. The molecule has 0 saturated carbocycles. The molecule has 0 radical (unpaired) electrons. The molecular weight excluding hydrogens is 386 g/mol. The van der Waals surface area contributed by atoms with Gasteiger partial charge in [0.2, 0.25) is 5.91 Å².